The second-order valence-corrected chi connectivity index (χ2v) is 8.63. The average Bonchev–Trinajstić information content (AvgIpc) is 2.40. The molecule has 1 aliphatic rings. The summed E-state index contributed by atoms with van der Waals surface area (Å²) in [5.74, 6) is -0.0778. The van der Waals surface area contributed by atoms with Crippen LogP contribution in [0.15, 0.2) is 24.3 Å². The molecule has 0 saturated carbocycles. The van der Waals surface area contributed by atoms with Gasteiger partial charge in [0.1, 0.15) is 0 Å². The average molecular weight is 353 g/mol. The van der Waals surface area contributed by atoms with Crippen molar-refractivity contribution >= 4 is 31.3 Å². The van der Waals surface area contributed by atoms with Crippen LogP contribution in [0, 0.1) is 5.41 Å². The van der Waals surface area contributed by atoms with Gasteiger partial charge in [-0.1, -0.05) is 23.7 Å². The minimum atomic E-state index is -3.56. The van der Waals surface area contributed by atoms with Crippen molar-refractivity contribution in [3.05, 3.63) is 34.9 Å². The highest BCUT2D eigenvalue weighted by Crippen LogP contribution is 2.33. The Balaban J connectivity index is 1.94. The number of halogens is 2. The summed E-state index contributed by atoms with van der Waals surface area (Å²) in [6, 6.07) is 7.37. The van der Waals surface area contributed by atoms with E-state index < -0.39 is 14.5 Å². The van der Waals surface area contributed by atoms with Gasteiger partial charge in [0.15, 0.2) is 0 Å². The third kappa shape index (κ3) is 5.75. The summed E-state index contributed by atoms with van der Waals surface area (Å²) >= 11 is 5.83. The summed E-state index contributed by atoms with van der Waals surface area (Å²) in [4.78, 5) is 0. The smallest absolute Gasteiger partial charge is 0.233 e. The molecule has 0 bridgehead atoms. The molecular formula is C14H18Cl2O4S. The molecule has 0 unspecified atom stereocenters. The predicted molar refractivity (Wildman–Crippen MR) is 83.2 cm³/mol. The molecule has 0 spiro atoms. The van der Waals surface area contributed by atoms with Crippen LogP contribution < -0.4 is 0 Å². The van der Waals surface area contributed by atoms with Crippen LogP contribution in [0.25, 0.3) is 0 Å². The highest BCUT2D eigenvalue weighted by molar-refractivity contribution is 8.13. The molecule has 0 aromatic heterocycles. The minimum absolute atomic E-state index is 0.0778. The van der Waals surface area contributed by atoms with E-state index in [1.54, 1.807) is 12.1 Å². The lowest BCUT2D eigenvalue weighted by Crippen LogP contribution is -2.39. The van der Waals surface area contributed by atoms with Gasteiger partial charge in [-0.2, -0.15) is 0 Å². The molecule has 1 fully saturated rings. The molecule has 0 atom stereocenters. The van der Waals surface area contributed by atoms with Gasteiger partial charge in [0.2, 0.25) is 9.05 Å². The van der Waals surface area contributed by atoms with E-state index in [1.807, 2.05) is 12.1 Å². The van der Waals surface area contributed by atoms with Gasteiger partial charge in [-0.05, 0) is 30.5 Å². The van der Waals surface area contributed by atoms with E-state index in [0.29, 0.717) is 44.3 Å². The normalized spacial score (nSPS) is 18.6. The Morgan fingerprint density at radius 1 is 1.19 bits per heavy atom. The van der Waals surface area contributed by atoms with E-state index in [9.17, 15) is 8.42 Å². The van der Waals surface area contributed by atoms with Crippen LogP contribution in [-0.4, -0.2) is 34.0 Å². The highest BCUT2D eigenvalue weighted by atomic mass is 35.7. The number of hydrogen-bond acceptors (Lipinski definition) is 4. The highest BCUT2D eigenvalue weighted by Gasteiger charge is 2.37. The second kappa shape index (κ2) is 7.29. The summed E-state index contributed by atoms with van der Waals surface area (Å²) in [6.45, 7) is 1.85. The zero-order valence-electron chi connectivity index (χ0n) is 11.6. The molecule has 2 rings (SSSR count). The number of benzene rings is 1. The molecule has 4 nitrogen and oxygen atoms in total. The lowest BCUT2D eigenvalue weighted by Gasteiger charge is -2.35. The summed E-state index contributed by atoms with van der Waals surface area (Å²) in [5, 5.41) is 0.674. The van der Waals surface area contributed by atoms with Gasteiger partial charge in [0, 0.05) is 34.3 Å². The number of rotatable bonds is 6. The predicted octanol–water partition coefficient (Wildman–Crippen LogP) is 3.22. The van der Waals surface area contributed by atoms with Crippen molar-refractivity contribution in [1.82, 2.24) is 0 Å². The Hall–Kier alpha value is -0.330. The molecule has 1 aromatic carbocycles. The molecule has 7 heteroatoms. The fraction of sp³-hybridized carbons (Fsp3) is 0.571. The second-order valence-electron chi connectivity index (χ2n) is 5.41. The molecule has 0 amide bonds. The molecule has 118 valence electrons. The Morgan fingerprint density at radius 2 is 1.81 bits per heavy atom. The molecule has 0 radical (unpaired) electrons. The van der Waals surface area contributed by atoms with Crippen molar-refractivity contribution in [2.75, 3.05) is 25.6 Å². The molecule has 0 N–H and O–H groups in total. The Morgan fingerprint density at radius 3 is 2.38 bits per heavy atom. The zero-order valence-corrected chi connectivity index (χ0v) is 13.9. The molecule has 1 saturated heterocycles. The van der Waals surface area contributed by atoms with E-state index in [0.717, 1.165) is 5.56 Å². The first-order chi connectivity index (χ1) is 9.89. The van der Waals surface area contributed by atoms with Crippen LogP contribution in [0.5, 0.6) is 0 Å². The molecule has 1 aromatic rings. The van der Waals surface area contributed by atoms with Crippen LogP contribution in [0.1, 0.15) is 18.4 Å². The minimum Gasteiger partial charge on any atom is -0.381 e. The van der Waals surface area contributed by atoms with Crippen LogP contribution in [0.4, 0.5) is 0 Å². The quantitative estimate of drug-likeness (QED) is 0.737. The van der Waals surface area contributed by atoms with E-state index in [4.69, 9.17) is 31.8 Å². The van der Waals surface area contributed by atoms with Crippen LogP contribution in [-0.2, 0) is 25.1 Å². The van der Waals surface area contributed by atoms with Gasteiger partial charge >= 0.3 is 0 Å². The Labute approximate surface area is 134 Å². The van der Waals surface area contributed by atoms with Crippen LogP contribution in [0.3, 0.4) is 0 Å². The third-order valence-corrected chi connectivity index (χ3v) is 5.16. The lowest BCUT2D eigenvalue weighted by atomic mass is 9.83. The maximum absolute atomic E-state index is 11.4. The summed E-state index contributed by atoms with van der Waals surface area (Å²) in [6.07, 6.45) is 1.28. The van der Waals surface area contributed by atoms with Gasteiger partial charge in [0.25, 0.3) is 0 Å². The first-order valence-electron chi connectivity index (χ1n) is 6.71. The van der Waals surface area contributed by atoms with E-state index in [1.165, 1.54) is 0 Å². The molecule has 1 aliphatic heterocycles. The zero-order chi connectivity index (χ0) is 15.3. The van der Waals surface area contributed by atoms with E-state index in [2.05, 4.69) is 0 Å². The van der Waals surface area contributed by atoms with Crippen molar-refractivity contribution in [2.45, 2.75) is 19.4 Å². The topological polar surface area (TPSA) is 52.6 Å². The van der Waals surface area contributed by atoms with Crippen molar-refractivity contribution in [2.24, 2.45) is 5.41 Å². The Kier molecular flexibility index (Phi) is 5.91. The first-order valence-corrected chi connectivity index (χ1v) is 9.57. The largest absolute Gasteiger partial charge is 0.381 e. The summed E-state index contributed by atoms with van der Waals surface area (Å²) < 4.78 is 33.9. The Bertz CT molecular complexity index is 551. The number of hydrogen-bond donors (Lipinski definition) is 0. The van der Waals surface area contributed by atoms with Crippen LogP contribution >= 0.6 is 22.3 Å². The van der Waals surface area contributed by atoms with Gasteiger partial charge in [-0.25, -0.2) is 8.42 Å². The standard InChI is InChI=1S/C14H18Cl2O4S/c15-13-3-1-12(2-4-13)9-20-10-14(11-21(16,17)18)5-7-19-8-6-14/h1-4H,5-11H2. The van der Waals surface area contributed by atoms with Gasteiger partial charge in [-0.15, -0.1) is 0 Å². The molecular weight excluding hydrogens is 335 g/mol. The summed E-state index contributed by atoms with van der Waals surface area (Å²) in [7, 11) is 1.87. The SMILES string of the molecule is O=S(=O)(Cl)CC1(COCc2ccc(Cl)cc2)CCOCC1. The maximum Gasteiger partial charge on any atom is 0.233 e. The van der Waals surface area contributed by atoms with Crippen molar-refractivity contribution < 1.29 is 17.9 Å². The fourth-order valence-electron chi connectivity index (χ4n) is 2.47. The van der Waals surface area contributed by atoms with Gasteiger partial charge in [-0.3, -0.25) is 0 Å². The third-order valence-electron chi connectivity index (χ3n) is 3.62. The van der Waals surface area contributed by atoms with Crippen molar-refractivity contribution in [3.63, 3.8) is 0 Å². The maximum atomic E-state index is 11.4. The molecule has 0 aliphatic carbocycles. The molecule has 1 heterocycles. The molecule has 21 heavy (non-hydrogen) atoms. The van der Waals surface area contributed by atoms with Gasteiger partial charge in [0.05, 0.1) is 19.0 Å². The van der Waals surface area contributed by atoms with Crippen molar-refractivity contribution in [3.8, 4) is 0 Å². The van der Waals surface area contributed by atoms with E-state index in [-0.39, 0.29) is 5.75 Å². The van der Waals surface area contributed by atoms with Crippen molar-refractivity contribution in [1.29, 1.82) is 0 Å². The lowest BCUT2D eigenvalue weighted by molar-refractivity contribution is -0.0323. The monoisotopic (exact) mass is 352 g/mol. The first kappa shape index (κ1) is 17.0. The number of ether oxygens (including phenoxy) is 2. The summed E-state index contributed by atoms with van der Waals surface area (Å²) in [5.41, 5.74) is 0.543. The van der Waals surface area contributed by atoms with Crippen LogP contribution in [0.2, 0.25) is 5.02 Å². The van der Waals surface area contributed by atoms with Gasteiger partial charge < -0.3 is 9.47 Å². The van der Waals surface area contributed by atoms with E-state index >= 15 is 0 Å². The fourth-order valence-corrected chi connectivity index (χ4v) is 4.39.